The number of nitro groups is 1. The highest BCUT2D eigenvalue weighted by Crippen LogP contribution is 2.21. The lowest BCUT2D eigenvalue weighted by Gasteiger charge is -2.09. The zero-order chi connectivity index (χ0) is 17.1. The standard InChI is InChI=1S/C14H9N5O3S2/c20-13(8-4-6-9(7-5-8)19(21)22)16-14(23)15-10-2-1-3-11-12(10)18-24-17-11/h1-7H,(H2,15,16,20,23). The van der Waals surface area contributed by atoms with E-state index in [1.165, 1.54) is 24.3 Å². The van der Waals surface area contributed by atoms with Crippen molar-refractivity contribution in [1.82, 2.24) is 14.1 Å². The fraction of sp³-hybridized carbons (Fsp3) is 0. The van der Waals surface area contributed by atoms with Crippen molar-refractivity contribution in [2.24, 2.45) is 0 Å². The molecule has 0 spiro atoms. The average Bonchev–Trinajstić information content (AvgIpc) is 3.04. The van der Waals surface area contributed by atoms with E-state index < -0.39 is 10.8 Å². The number of aromatic nitrogens is 2. The van der Waals surface area contributed by atoms with Gasteiger partial charge in [0.2, 0.25) is 0 Å². The molecule has 0 aliphatic carbocycles. The highest BCUT2D eigenvalue weighted by Gasteiger charge is 2.12. The normalized spacial score (nSPS) is 10.3. The molecular weight excluding hydrogens is 350 g/mol. The second-order valence-corrected chi connectivity index (χ2v) is 5.59. The van der Waals surface area contributed by atoms with Crippen LogP contribution in [0.1, 0.15) is 10.4 Å². The quantitative estimate of drug-likeness (QED) is 0.420. The maximum atomic E-state index is 12.1. The number of nitrogens with zero attached hydrogens (tertiary/aromatic N) is 3. The van der Waals surface area contributed by atoms with E-state index in [-0.39, 0.29) is 16.4 Å². The minimum absolute atomic E-state index is 0.0880. The summed E-state index contributed by atoms with van der Waals surface area (Å²) in [6.45, 7) is 0. The minimum atomic E-state index is -0.531. The number of thiocarbonyl (C=S) groups is 1. The summed E-state index contributed by atoms with van der Waals surface area (Å²) in [5.41, 5.74) is 2.20. The second-order valence-electron chi connectivity index (χ2n) is 4.65. The number of nitro benzene ring substituents is 1. The summed E-state index contributed by atoms with van der Waals surface area (Å²) < 4.78 is 8.29. The third-order valence-electron chi connectivity index (χ3n) is 3.10. The van der Waals surface area contributed by atoms with Crippen molar-refractivity contribution in [2.45, 2.75) is 0 Å². The Hall–Kier alpha value is -2.98. The van der Waals surface area contributed by atoms with Gasteiger partial charge in [-0.3, -0.25) is 20.2 Å². The zero-order valence-corrected chi connectivity index (χ0v) is 13.6. The lowest BCUT2D eigenvalue weighted by atomic mass is 10.2. The van der Waals surface area contributed by atoms with Crippen LogP contribution in [-0.4, -0.2) is 24.7 Å². The molecule has 120 valence electrons. The van der Waals surface area contributed by atoms with Crippen molar-refractivity contribution in [2.75, 3.05) is 5.32 Å². The van der Waals surface area contributed by atoms with E-state index in [0.717, 1.165) is 17.2 Å². The van der Waals surface area contributed by atoms with Crippen LogP contribution in [0.3, 0.4) is 0 Å². The number of hydrogen-bond acceptors (Lipinski definition) is 7. The van der Waals surface area contributed by atoms with Gasteiger partial charge in [-0.2, -0.15) is 8.75 Å². The summed E-state index contributed by atoms with van der Waals surface area (Å²) in [5, 5.41) is 16.1. The van der Waals surface area contributed by atoms with Crippen LogP contribution in [-0.2, 0) is 0 Å². The first kappa shape index (κ1) is 15.9. The molecule has 3 aromatic rings. The average molecular weight is 359 g/mol. The number of hydrogen-bond donors (Lipinski definition) is 2. The van der Waals surface area contributed by atoms with E-state index in [1.54, 1.807) is 12.1 Å². The summed E-state index contributed by atoms with van der Waals surface area (Å²) in [7, 11) is 0. The first-order chi connectivity index (χ1) is 11.5. The predicted molar refractivity (Wildman–Crippen MR) is 94.2 cm³/mol. The van der Waals surface area contributed by atoms with E-state index in [1.807, 2.05) is 6.07 Å². The molecule has 0 unspecified atom stereocenters. The van der Waals surface area contributed by atoms with Crippen LogP contribution in [0.5, 0.6) is 0 Å². The van der Waals surface area contributed by atoms with Gasteiger partial charge in [-0.15, -0.1) is 0 Å². The van der Waals surface area contributed by atoms with Gasteiger partial charge >= 0.3 is 0 Å². The van der Waals surface area contributed by atoms with Crippen LogP contribution in [0.15, 0.2) is 42.5 Å². The Morgan fingerprint density at radius 2 is 1.92 bits per heavy atom. The van der Waals surface area contributed by atoms with Gasteiger partial charge in [0, 0.05) is 17.7 Å². The Morgan fingerprint density at radius 3 is 2.62 bits per heavy atom. The SMILES string of the molecule is O=C(NC(=S)Nc1cccc2nsnc12)c1ccc([N+](=O)[O-])cc1. The number of carbonyl (C=O) groups excluding carboxylic acids is 1. The highest BCUT2D eigenvalue weighted by molar-refractivity contribution is 7.80. The van der Waals surface area contributed by atoms with Crippen molar-refractivity contribution in [3.8, 4) is 0 Å². The van der Waals surface area contributed by atoms with Crippen molar-refractivity contribution in [1.29, 1.82) is 0 Å². The zero-order valence-electron chi connectivity index (χ0n) is 11.9. The van der Waals surface area contributed by atoms with Gasteiger partial charge in [-0.25, -0.2) is 0 Å². The number of fused-ring (bicyclic) bond motifs is 1. The molecule has 0 saturated heterocycles. The number of amides is 1. The monoisotopic (exact) mass is 359 g/mol. The van der Waals surface area contributed by atoms with Crippen LogP contribution in [0.4, 0.5) is 11.4 Å². The second kappa shape index (κ2) is 6.64. The highest BCUT2D eigenvalue weighted by atomic mass is 32.1. The Bertz CT molecular complexity index is 939. The van der Waals surface area contributed by atoms with Crippen molar-refractivity contribution in [3.63, 3.8) is 0 Å². The molecule has 8 nitrogen and oxygen atoms in total. The van der Waals surface area contributed by atoms with Crippen LogP contribution in [0.2, 0.25) is 0 Å². The van der Waals surface area contributed by atoms with Gasteiger partial charge in [0.25, 0.3) is 11.6 Å². The maximum absolute atomic E-state index is 12.1. The molecular formula is C14H9N5O3S2. The molecule has 0 atom stereocenters. The number of anilines is 1. The van der Waals surface area contributed by atoms with Gasteiger partial charge in [-0.05, 0) is 36.5 Å². The molecule has 24 heavy (non-hydrogen) atoms. The van der Waals surface area contributed by atoms with E-state index in [9.17, 15) is 14.9 Å². The fourth-order valence-corrected chi connectivity index (χ4v) is 2.72. The molecule has 0 fully saturated rings. The summed E-state index contributed by atoms with van der Waals surface area (Å²) >= 11 is 6.20. The van der Waals surface area contributed by atoms with E-state index >= 15 is 0 Å². The molecule has 1 amide bonds. The number of benzene rings is 2. The molecule has 3 rings (SSSR count). The van der Waals surface area contributed by atoms with Crippen LogP contribution in [0.25, 0.3) is 11.0 Å². The number of rotatable bonds is 3. The van der Waals surface area contributed by atoms with E-state index in [0.29, 0.717) is 11.2 Å². The Morgan fingerprint density at radius 1 is 1.17 bits per heavy atom. The van der Waals surface area contributed by atoms with Crippen molar-refractivity contribution in [3.05, 3.63) is 58.1 Å². The Labute approximate surface area is 145 Å². The molecule has 0 radical (unpaired) electrons. The van der Waals surface area contributed by atoms with Crippen molar-refractivity contribution >= 4 is 57.4 Å². The van der Waals surface area contributed by atoms with Gasteiger partial charge in [0.1, 0.15) is 11.0 Å². The Balaban J connectivity index is 1.69. The van der Waals surface area contributed by atoms with Crippen LogP contribution in [0, 0.1) is 10.1 Å². The third kappa shape index (κ3) is 3.34. The van der Waals surface area contributed by atoms with Crippen LogP contribution >= 0.6 is 23.9 Å². The molecule has 10 heteroatoms. The largest absolute Gasteiger partial charge is 0.331 e. The summed E-state index contributed by atoms with van der Waals surface area (Å²) in [6, 6.07) is 10.6. The molecule has 0 aliphatic heterocycles. The number of non-ortho nitro benzene ring substituents is 1. The summed E-state index contributed by atoms with van der Waals surface area (Å²) in [4.78, 5) is 22.2. The molecule has 2 N–H and O–H groups in total. The van der Waals surface area contributed by atoms with Gasteiger partial charge in [-0.1, -0.05) is 6.07 Å². The molecule has 0 aliphatic rings. The first-order valence-electron chi connectivity index (χ1n) is 6.62. The molecule has 1 heterocycles. The third-order valence-corrected chi connectivity index (χ3v) is 3.85. The van der Waals surface area contributed by atoms with E-state index in [2.05, 4.69) is 19.4 Å². The van der Waals surface area contributed by atoms with Gasteiger partial charge < -0.3 is 5.32 Å². The Kier molecular flexibility index (Phi) is 4.40. The smallest absolute Gasteiger partial charge is 0.269 e. The molecule has 1 aromatic heterocycles. The molecule has 0 saturated carbocycles. The first-order valence-corrected chi connectivity index (χ1v) is 7.76. The number of carbonyl (C=O) groups is 1. The minimum Gasteiger partial charge on any atom is -0.331 e. The topological polar surface area (TPSA) is 110 Å². The lowest BCUT2D eigenvalue weighted by Crippen LogP contribution is -2.34. The lowest BCUT2D eigenvalue weighted by molar-refractivity contribution is -0.384. The fourth-order valence-electron chi connectivity index (χ4n) is 1.97. The van der Waals surface area contributed by atoms with E-state index in [4.69, 9.17) is 12.2 Å². The van der Waals surface area contributed by atoms with Gasteiger partial charge in [0.15, 0.2) is 5.11 Å². The van der Waals surface area contributed by atoms with Crippen molar-refractivity contribution < 1.29 is 9.72 Å². The summed E-state index contributed by atoms with van der Waals surface area (Å²) in [5.74, 6) is -0.467. The molecule has 0 bridgehead atoms. The number of nitrogens with one attached hydrogen (secondary N) is 2. The molecule has 2 aromatic carbocycles. The maximum Gasteiger partial charge on any atom is 0.269 e. The van der Waals surface area contributed by atoms with Gasteiger partial charge in [0.05, 0.1) is 22.3 Å². The predicted octanol–water partition coefficient (Wildman–Crippen LogP) is 2.73. The summed E-state index contributed by atoms with van der Waals surface area (Å²) in [6.07, 6.45) is 0. The van der Waals surface area contributed by atoms with Crippen LogP contribution < -0.4 is 10.6 Å².